The summed E-state index contributed by atoms with van der Waals surface area (Å²) in [5.41, 5.74) is 0. The molecule has 0 saturated heterocycles. The largest absolute Gasteiger partial charge is 0.300 e. The Hall–Kier alpha value is -0.0300. The number of Topliss-reactive ketones (excluding diaryl/α,β-unsaturated/α-hetero) is 1. The second kappa shape index (κ2) is 6.43. The zero-order valence-corrected chi connectivity index (χ0v) is 9.71. The molecule has 0 spiro atoms. The van der Waals surface area contributed by atoms with Gasteiger partial charge in [0.2, 0.25) is 0 Å². The number of thioether (sulfide) groups is 1. The maximum absolute atomic E-state index is 11.1. The molecule has 78 valence electrons. The van der Waals surface area contributed by atoms with Gasteiger partial charge in [-0.1, -0.05) is 0 Å². The monoisotopic (exact) mass is 224 g/mol. The quantitative estimate of drug-likeness (QED) is 0.650. The molecule has 13 heavy (non-hydrogen) atoms. The minimum atomic E-state index is -2.90. The standard InChI is InChI=1S/C8H16O3S2/c1-12-6-5-8(9)4-3-7-13(2,10)11/h3-7H2,1-2H3. The predicted molar refractivity (Wildman–Crippen MR) is 57.0 cm³/mol. The Labute approximate surface area is 84.2 Å². The molecular formula is C8H16O3S2. The average Bonchev–Trinajstić information content (AvgIpc) is 1.98. The summed E-state index contributed by atoms with van der Waals surface area (Å²) in [4.78, 5) is 11.1. The van der Waals surface area contributed by atoms with Crippen LogP contribution < -0.4 is 0 Å². The van der Waals surface area contributed by atoms with Crippen molar-refractivity contribution in [3.05, 3.63) is 0 Å². The highest BCUT2D eigenvalue weighted by molar-refractivity contribution is 7.98. The van der Waals surface area contributed by atoms with Crippen LogP contribution in [0.2, 0.25) is 0 Å². The van der Waals surface area contributed by atoms with Crippen LogP contribution in [0.5, 0.6) is 0 Å². The topological polar surface area (TPSA) is 51.2 Å². The van der Waals surface area contributed by atoms with Crippen molar-refractivity contribution < 1.29 is 13.2 Å². The normalized spacial score (nSPS) is 11.5. The summed E-state index contributed by atoms with van der Waals surface area (Å²) < 4.78 is 21.4. The van der Waals surface area contributed by atoms with Gasteiger partial charge in [-0.15, -0.1) is 0 Å². The molecular weight excluding hydrogens is 208 g/mol. The van der Waals surface area contributed by atoms with E-state index >= 15 is 0 Å². The SMILES string of the molecule is CSCCC(=O)CCCS(C)(=O)=O. The molecule has 0 radical (unpaired) electrons. The van der Waals surface area contributed by atoms with Gasteiger partial charge < -0.3 is 0 Å². The van der Waals surface area contributed by atoms with Gasteiger partial charge in [0, 0.05) is 19.1 Å². The van der Waals surface area contributed by atoms with Gasteiger partial charge in [-0.2, -0.15) is 11.8 Å². The van der Waals surface area contributed by atoms with E-state index in [4.69, 9.17) is 0 Å². The fourth-order valence-corrected chi connectivity index (χ4v) is 1.97. The number of hydrogen-bond acceptors (Lipinski definition) is 4. The zero-order valence-electron chi connectivity index (χ0n) is 8.08. The summed E-state index contributed by atoms with van der Waals surface area (Å²) in [6.07, 6.45) is 4.56. The van der Waals surface area contributed by atoms with E-state index in [0.717, 1.165) is 5.75 Å². The van der Waals surface area contributed by atoms with E-state index in [1.165, 1.54) is 6.26 Å². The number of rotatable bonds is 7. The Bertz CT molecular complexity index is 244. The number of carbonyl (C=O) groups excluding carboxylic acids is 1. The minimum absolute atomic E-state index is 0.123. The molecule has 0 heterocycles. The first kappa shape index (κ1) is 13.0. The molecule has 0 aromatic rings. The van der Waals surface area contributed by atoms with Crippen molar-refractivity contribution in [2.24, 2.45) is 0 Å². The molecule has 3 nitrogen and oxygen atoms in total. The lowest BCUT2D eigenvalue weighted by Crippen LogP contribution is -2.06. The van der Waals surface area contributed by atoms with Crippen LogP contribution >= 0.6 is 11.8 Å². The Morgan fingerprint density at radius 3 is 2.38 bits per heavy atom. The number of carbonyl (C=O) groups is 1. The number of ketones is 1. The van der Waals surface area contributed by atoms with Gasteiger partial charge in [-0.3, -0.25) is 4.79 Å². The molecule has 0 saturated carbocycles. The molecule has 0 bridgehead atoms. The molecule has 0 unspecified atom stereocenters. The third kappa shape index (κ3) is 9.89. The van der Waals surface area contributed by atoms with Gasteiger partial charge in [0.25, 0.3) is 0 Å². The van der Waals surface area contributed by atoms with Gasteiger partial charge in [0.15, 0.2) is 0 Å². The van der Waals surface area contributed by atoms with Crippen molar-refractivity contribution >= 4 is 27.4 Å². The molecule has 0 aliphatic heterocycles. The van der Waals surface area contributed by atoms with Crippen molar-refractivity contribution in [2.45, 2.75) is 19.3 Å². The van der Waals surface area contributed by atoms with Crippen molar-refractivity contribution in [2.75, 3.05) is 24.0 Å². The fourth-order valence-electron chi connectivity index (χ4n) is 0.872. The van der Waals surface area contributed by atoms with E-state index < -0.39 is 9.84 Å². The summed E-state index contributed by atoms with van der Waals surface area (Å²) in [5, 5.41) is 0. The van der Waals surface area contributed by atoms with Crippen molar-refractivity contribution in [1.29, 1.82) is 0 Å². The second-order valence-corrected chi connectivity index (χ2v) is 6.26. The lowest BCUT2D eigenvalue weighted by atomic mass is 10.2. The minimum Gasteiger partial charge on any atom is -0.300 e. The van der Waals surface area contributed by atoms with Crippen LogP contribution in [0.4, 0.5) is 0 Å². The molecule has 0 aromatic heterocycles. The van der Waals surface area contributed by atoms with Gasteiger partial charge in [0.05, 0.1) is 5.75 Å². The first-order valence-corrected chi connectivity index (χ1v) is 7.59. The Kier molecular flexibility index (Phi) is 6.41. The lowest BCUT2D eigenvalue weighted by molar-refractivity contribution is -0.118. The molecule has 0 aliphatic carbocycles. The molecule has 0 amide bonds. The summed E-state index contributed by atoms with van der Waals surface area (Å²) in [6.45, 7) is 0. The fraction of sp³-hybridized carbons (Fsp3) is 0.875. The van der Waals surface area contributed by atoms with Crippen LogP contribution in [0.15, 0.2) is 0 Å². The van der Waals surface area contributed by atoms with Crippen molar-refractivity contribution in [3.8, 4) is 0 Å². The van der Waals surface area contributed by atoms with E-state index in [0.29, 0.717) is 19.3 Å². The van der Waals surface area contributed by atoms with E-state index in [2.05, 4.69) is 0 Å². The van der Waals surface area contributed by atoms with Crippen molar-refractivity contribution in [1.82, 2.24) is 0 Å². The highest BCUT2D eigenvalue weighted by atomic mass is 32.2. The third-order valence-electron chi connectivity index (χ3n) is 1.56. The Balaban J connectivity index is 3.49. The zero-order chi connectivity index (χ0) is 10.3. The van der Waals surface area contributed by atoms with Gasteiger partial charge in [0.1, 0.15) is 15.6 Å². The molecule has 0 atom stereocenters. The number of hydrogen-bond donors (Lipinski definition) is 0. The van der Waals surface area contributed by atoms with Crippen LogP contribution in [0.3, 0.4) is 0 Å². The maximum atomic E-state index is 11.1. The second-order valence-electron chi connectivity index (χ2n) is 3.01. The maximum Gasteiger partial charge on any atom is 0.147 e. The van der Waals surface area contributed by atoms with Gasteiger partial charge >= 0.3 is 0 Å². The summed E-state index contributed by atoms with van der Waals surface area (Å²) >= 11 is 1.63. The first-order chi connectivity index (χ1) is 5.95. The number of sulfone groups is 1. The molecule has 0 aromatic carbocycles. The smallest absolute Gasteiger partial charge is 0.147 e. The first-order valence-electron chi connectivity index (χ1n) is 4.14. The van der Waals surface area contributed by atoms with E-state index in [9.17, 15) is 13.2 Å². The Morgan fingerprint density at radius 2 is 1.92 bits per heavy atom. The van der Waals surface area contributed by atoms with Crippen molar-refractivity contribution in [3.63, 3.8) is 0 Å². The molecule has 5 heteroatoms. The molecule has 0 fully saturated rings. The Morgan fingerprint density at radius 1 is 1.31 bits per heavy atom. The van der Waals surface area contributed by atoms with Crippen LogP contribution in [0.25, 0.3) is 0 Å². The van der Waals surface area contributed by atoms with E-state index in [1.807, 2.05) is 6.26 Å². The van der Waals surface area contributed by atoms with Crippen LogP contribution in [0, 0.1) is 0 Å². The molecule has 0 aliphatic rings. The van der Waals surface area contributed by atoms with Crippen LogP contribution in [-0.2, 0) is 14.6 Å². The summed E-state index contributed by atoms with van der Waals surface area (Å²) in [6, 6.07) is 0. The van der Waals surface area contributed by atoms with Gasteiger partial charge in [-0.25, -0.2) is 8.42 Å². The van der Waals surface area contributed by atoms with Gasteiger partial charge in [-0.05, 0) is 18.4 Å². The predicted octanol–water partition coefficient (Wildman–Crippen LogP) is 1.13. The lowest BCUT2D eigenvalue weighted by Gasteiger charge is -1.98. The third-order valence-corrected chi connectivity index (χ3v) is 3.20. The summed E-state index contributed by atoms with van der Waals surface area (Å²) in [5.74, 6) is 1.12. The van der Waals surface area contributed by atoms with E-state index in [-0.39, 0.29) is 11.5 Å². The van der Waals surface area contributed by atoms with Crippen LogP contribution in [0.1, 0.15) is 19.3 Å². The highest BCUT2D eigenvalue weighted by Gasteiger charge is 2.05. The highest BCUT2D eigenvalue weighted by Crippen LogP contribution is 2.02. The molecule has 0 N–H and O–H groups in total. The summed E-state index contributed by atoms with van der Waals surface area (Å²) in [7, 11) is -2.90. The average molecular weight is 224 g/mol. The molecule has 0 rings (SSSR count). The van der Waals surface area contributed by atoms with Crippen LogP contribution in [-0.4, -0.2) is 38.2 Å². The van der Waals surface area contributed by atoms with E-state index in [1.54, 1.807) is 11.8 Å².